The Balaban J connectivity index is 1.37. The first kappa shape index (κ1) is 19.1. The Bertz CT molecular complexity index is 1110. The SMILES string of the molecule is CSc1cc2c(cc1NC(=O)c1ccc(-c3ccc4c(c3)OCCO4)s1)OCCO2. The molecule has 1 amide bonds. The molecule has 8 heteroatoms. The maximum atomic E-state index is 12.9. The van der Waals surface area contributed by atoms with E-state index in [1.165, 1.54) is 11.3 Å². The molecule has 0 saturated heterocycles. The van der Waals surface area contributed by atoms with E-state index in [1.54, 1.807) is 11.8 Å². The molecule has 0 saturated carbocycles. The number of fused-ring (bicyclic) bond motifs is 2. The molecule has 3 heterocycles. The first-order valence-corrected chi connectivity index (χ1v) is 11.5. The highest BCUT2D eigenvalue weighted by Crippen LogP contribution is 2.40. The van der Waals surface area contributed by atoms with Gasteiger partial charge in [0.05, 0.1) is 10.6 Å². The van der Waals surface area contributed by atoms with Crippen molar-refractivity contribution in [3.8, 4) is 33.4 Å². The zero-order valence-corrected chi connectivity index (χ0v) is 17.9. The summed E-state index contributed by atoms with van der Waals surface area (Å²) in [6, 6.07) is 13.4. The third-order valence-electron chi connectivity index (χ3n) is 4.77. The van der Waals surface area contributed by atoms with Crippen molar-refractivity contribution >= 4 is 34.7 Å². The van der Waals surface area contributed by atoms with Gasteiger partial charge in [0, 0.05) is 15.8 Å². The normalized spacial score (nSPS) is 14.3. The van der Waals surface area contributed by atoms with Crippen LogP contribution in [0.15, 0.2) is 47.4 Å². The highest BCUT2D eigenvalue weighted by molar-refractivity contribution is 7.98. The minimum atomic E-state index is -0.157. The van der Waals surface area contributed by atoms with Crippen LogP contribution in [0.3, 0.4) is 0 Å². The van der Waals surface area contributed by atoms with E-state index in [-0.39, 0.29) is 5.91 Å². The molecule has 2 aliphatic heterocycles. The van der Waals surface area contributed by atoms with Crippen molar-refractivity contribution in [2.75, 3.05) is 38.0 Å². The van der Waals surface area contributed by atoms with Crippen LogP contribution < -0.4 is 24.3 Å². The number of nitrogens with one attached hydrogen (secondary N) is 1. The van der Waals surface area contributed by atoms with E-state index < -0.39 is 0 Å². The molecule has 2 aromatic carbocycles. The van der Waals surface area contributed by atoms with Gasteiger partial charge < -0.3 is 24.3 Å². The lowest BCUT2D eigenvalue weighted by Gasteiger charge is -2.20. The van der Waals surface area contributed by atoms with Gasteiger partial charge in [0.25, 0.3) is 5.91 Å². The van der Waals surface area contributed by atoms with Crippen molar-refractivity contribution < 1.29 is 23.7 Å². The van der Waals surface area contributed by atoms with Crippen LogP contribution in [0, 0.1) is 0 Å². The number of hydrogen-bond acceptors (Lipinski definition) is 7. The van der Waals surface area contributed by atoms with Crippen molar-refractivity contribution in [2.24, 2.45) is 0 Å². The number of carbonyl (C=O) groups excluding carboxylic acids is 1. The van der Waals surface area contributed by atoms with E-state index in [2.05, 4.69) is 5.32 Å². The Morgan fingerprint density at radius 2 is 1.53 bits per heavy atom. The Labute approximate surface area is 182 Å². The number of ether oxygens (including phenoxy) is 4. The van der Waals surface area contributed by atoms with Crippen LogP contribution in [0.4, 0.5) is 5.69 Å². The van der Waals surface area contributed by atoms with Gasteiger partial charge in [0.15, 0.2) is 23.0 Å². The summed E-state index contributed by atoms with van der Waals surface area (Å²) in [5.74, 6) is 2.69. The number of amides is 1. The summed E-state index contributed by atoms with van der Waals surface area (Å²) in [5.41, 5.74) is 1.71. The average Bonchev–Trinajstić information content (AvgIpc) is 3.29. The lowest BCUT2D eigenvalue weighted by Crippen LogP contribution is -2.16. The van der Waals surface area contributed by atoms with Gasteiger partial charge in [-0.15, -0.1) is 23.1 Å². The Morgan fingerprint density at radius 1 is 0.867 bits per heavy atom. The highest BCUT2D eigenvalue weighted by Gasteiger charge is 2.19. The van der Waals surface area contributed by atoms with Gasteiger partial charge in [0.1, 0.15) is 26.4 Å². The number of anilines is 1. The van der Waals surface area contributed by atoms with Crippen molar-refractivity contribution in [2.45, 2.75) is 4.90 Å². The number of rotatable bonds is 4. The smallest absolute Gasteiger partial charge is 0.265 e. The van der Waals surface area contributed by atoms with Crippen LogP contribution in [0.25, 0.3) is 10.4 Å². The molecule has 1 aromatic heterocycles. The van der Waals surface area contributed by atoms with Crippen molar-refractivity contribution in [1.82, 2.24) is 0 Å². The predicted molar refractivity (Wildman–Crippen MR) is 118 cm³/mol. The maximum Gasteiger partial charge on any atom is 0.265 e. The predicted octanol–water partition coefficient (Wildman–Crippen LogP) is 4.93. The van der Waals surface area contributed by atoms with E-state index in [9.17, 15) is 4.79 Å². The van der Waals surface area contributed by atoms with Gasteiger partial charge in [-0.05, 0) is 48.2 Å². The molecule has 1 N–H and O–H groups in total. The zero-order valence-electron chi connectivity index (χ0n) is 16.2. The van der Waals surface area contributed by atoms with Gasteiger partial charge in [-0.1, -0.05) is 0 Å². The maximum absolute atomic E-state index is 12.9. The fraction of sp³-hybridized carbons (Fsp3) is 0.227. The van der Waals surface area contributed by atoms with Crippen LogP contribution in [0.1, 0.15) is 9.67 Å². The summed E-state index contributed by atoms with van der Waals surface area (Å²) >= 11 is 2.98. The zero-order chi connectivity index (χ0) is 20.5. The average molecular weight is 442 g/mol. The summed E-state index contributed by atoms with van der Waals surface area (Å²) in [5, 5.41) is 3.01. The van der Waals surface area contributed by atoms with E-state index >= 15 is 0 Å². The van der Waals surface area contributed by atoms with Crippen molar-refractivity contribution in [1.29, 1.82) is 0 Å². The van der Waals surface area contributed by atoms with E-state index in [0.29, 0.717) is 48.5 Å². The fourth-order valence-electron chi connectivity index (χ4n) is 3.33. The van der Waals surface area contributed by atoms with Gasteiger partial charge >= 0.3 is 0 Å². The van der Waals surface area contributed by atoms with E-state index in [0.717, 1.165) is 26.8 Å². The lowest BCUT2D eigenvalue weighted by atomic mass is 10.1. The molecule has 0 fully saturated rings. The summed E-state index contributed by atoms with van der Waals surface area (Å²) in [7, 11) is 0. The monoisotopic (exact) mass is 441 g/mol. The fourth-order valence-corrected chi connectivity index (χ4v) is 4.78. The summed E-state index contributed by atoms with van der Waals surface area (Å²) < 4.78 is 22.5. The first-order valence-electron chi connectivity index (χ1n) is 9.50. The molecule has 2 aliphatic rings. The molecular formula is C22H19NO5S2. The lowest BCUT2D eigenvalue weighted by molar-refractivity contribution is 0.103. The van der Waals surface area contributed by atoms with Crippen molar-refractivity contribution in [3.63, 3.8) is 0 Å². The van der Waals surface area contributed by atoms with Gasteiger partial charge in [-0.2, -0.15) is 0 Å². The molecule has 3 aromatic rings. The highest BCUT2D eigenvalue weighted by atomic mass is 32.2. The van der Waals surface area contributed by atoms with Gasteiger partial charge in [0.2, 0.25) is 0 Å². The number of hydrogen-bond donors (Lipinski definition) is 1. The second-order valence-electron chi connectivity index (χ2n) is 6.67. The molecule has 0 aliphatic carbocycles. The molecule has 0 atom stereocenters. The summed E-state index contributed by atoms with van der Waals surface area (Å²) in [6.07, 6.45) is 1.96. The van der Waals surface area contributed by atoms with E-state index in [1.807, 2.05) is 48.7 Å². The molecule has 154 valence electrons. The number of thiophene rings is 1. The third-order valence-corrected chi connectivity index (χ3v) is 6.68. The molecular weight excluding hydrogens is 422 g/mol. The Morgan fingerprint density at radius 3 is 2.27 bits per heavy atom. The standard InChI is InChI=1S/C22H19NO5S2/c1-29-21-12-18-17(27-8-9-28-18)11-14(21)23-22(24)20-5-4-19(30-20)13-2-3-15-16(10-13)26-7-6-25-15/h2-5,10-12H,6-9H2,1H3,(H,23,24). The topological polar surface area (TPSA) is 66.0 Å². The summed E-state index contributed by atoms with van der Waals surface area (Å²) in [6.45, 7) is 2.14. The minimum absolute atomic E-state index is 0.157. The van der Waals surface area contributed by atoms with Crippen molar-refractivity contribution in [3.05, 3.63) is 47.3 Å². The third kappa shape index (κ3) is 3.68. The van der Waals surface area contributed by atoms with Crippen LogP contribution in [0.5, 0.6) is 23.0 Å². The molecule has 30 heavy (non-hydrogen) atoms. The molecule has 0 radical (unpaired) electrons. The molecule has 0 unspecified atom stereocenters. The molecule has 0 bridgehead atoms. The van der Waals surface area contributed by atoms with Gasteiger partial charge in [-0.3, -0.25) is 4.79 Å². The van der Waals surface area contributed by atoms with Crippen LogP contribution in [-0.4, -0.2) is 38.6 Å². The van der Waals surface area contributed by atoms with Crippen LogP contribution in [-0.2, 0) is 0 Å². The number of thioether (sulfide) groups is 1. The Hall–Kier alpha value is -2.84. The molecule has 5 rings (SSSR count). The minimum Gasteiger partial charge on any atom is -0.486 e. The largest absolute Gasteiger partial charge is 0.486 e. The number of benzene rings is 2. The second-order valence-corrected chi connectivity index (χ2v) is 8.60. The second kappa shape index (κ2) is 8.12. The van der Waals surface area contributed by atoms with Crippen LogP contribution in [0.2, 0.25) is 0 Å². The first-order chi connectivity index (χ1) is 14.7. The quantitative estimate of drug-likeness (QED) is 0.579. The molecule has 0 spiro atoms. The Kier molecular flexibility index (Phi) is 5.18. The summed E-state index contributed by atoms with van der Waals surface area (Å²) in [4.78, 5) is 15.4. The van der Waals surface area contributed by atoms with Crippen LogP contribution >= 0.6 is 23.1 Å². The van der Waals surface area contributed by atoms with E-state index in [4.69, 9.17) is 18.9 Å². The number of carbonyl (C=O) groups is 1. The molecule has 6 nitrogen and oxygen atoms in total. The van der Waals surface area contributed by atoms with Gasteiger partial charge in [-0.25, -0.2) is 0 Å².